The Morgan fingerprint density at radius 1 is 1.28 bits per heavy atom. The molecule has 0 amide bonds. The maximum absolute atomic E-state index is 5.65. The second-order valence-corrected chi connectivity index (χ2v) is 5.62. The summed E-state index contributed by atoms with van der Waals surface area (Å²) in [5.41, 5.74) is 6.67. The lowest BCUT2D eigenvalue weighted by molar-refractivity contribution is 0.517. The zero-order chi connectivity index (χ0) is 13.0. The molecule has 2 aromatic rings. The highest BCUT2D eigenvalue weighted by Crippen LogP contribution is 2.14. The Kier molecular flexibility index (Phi) is 4.47. The zero-order valence-corrected chi connectivity index (χ0v) is 11.6. The molecule has 1 aromatic heterocycles. The number of nitrogens with zero attached hydrogens (tertiary/aromatic N) is 1. The van der Waals surface area contributed by atoms with Crippen LogP contribution in [-0.2, 0) is 12.8 Å². The van der Waals surface area contributed by atoms with E-state index in [1.807, 2.05) is 6.92 Å². The monoisotopic (exact) mass is 261 g/mol. The van der Waals surface area contributed by atoms with Crippen LogP contribution in [0.5, 0.6) is 0 Å². The molecule has 0 saturated heterocycles. The van der Waals surface area contributed by atoms with E-state index in [0.29, 0.717) is 0 Å². The third-order valence-corrected chi connectivity index (χ3v) is 3.91. The minimum absolute atomic E-state index is 0.229. The third-order valence-electron chi connectivity index (χ3n) is 3.09. The second-order valence-electron chi connectivity index (χ2n) is 4.56. The van der Waals surface area contributed by atoms with E-state index in [1.54, 1.807) is 11.3 Å². The molecule has 18 heavy (non-hydrogen) atoms. The summed E-state index contributed by atoms with van der Waals surface area (Å²) in [7, 11) is 0. The summed E-state index contributed by atoms with van der Waals surface area (Å²) in [4.78, 5) is 4.49. The van der Waals surface area contributed by atoms with Gasteiger partial charge < -0.3 is 0 Å². The molecular weight excluding hydrogens is 242 g/mol. The van der Waals surface area contributed by atoms with Gasteiger partial charge in [0.15, 0.2) is 0 Å². The van der Waals surface area contributed by atoms with E-state index in [0.717, 1.165) is 23.5 Å². The normalized spacial score (nSPS) is 12.6. The molecule has 0 aliphatic heterocycles. The molecule has 3 N–H and O–H groups in total. The minimum Gasteiger partial charge on any atom is -0.271 e. The number of aryl methyl sites for hydroxylation is 2. The van der Waals surface area contributed by atoms with Crippen molar-refractivity contribution in [1.29, 1.82) is 0 Å². The lowest BCUT2D eigenvalue weighted by atomic mass is 9.99. The molecule has 0 saturated carbocycles. The first-order chi connectivity index (χ1) is 8.69. The van der Waals surface area contributed by atoms with Crippen molar-refractivity contribution in [3.8, 4) is 0 Å². The zero-order valence-electron chi connectivity index (χ0n) is 10.8. The molecule has 0 radical (unpaired) electrons. The number of benzene rings is 1. The summed E-state index contributed by atoms with van der Waals surface area (Å²) in [6, 6.07) is 8.66. The fourth-order valence-corrected chi connectivity index (χ4v) is 2.67. The van der Waals surface area contributed by atoms with Gasteiger partial charge in [0.1, 0.15) is 0 Å². The van der Waals surface area contributed by atoms with E-state index in [4.69, 9.17) is 5.84 Å². The van der Waals surface area contributed by atoms with E-state index < -0.39 is 0 Å². The standard InChI is InChI=1S/C14H19N3S/c1-10-5-3-4-6-12(10)7-13(17-15)8-14-9-18-11(2)16-14/h3-6,9,13,17H,7-8,15H2,1-2H3. The average Bonchev–Trinajstić information content (AvgIpc) is 2.76. The van der Waals surface area contributed by atoms with E-state index >= 15 is 0 Å². The summed E-state index contributed by atoms with van der Waals surface area (Å²) < 4.78 is 0. The molecule has 0 aliphatic carbocycles. The van der Waals surface area contributed by atoms with Crippen molar-refractivity contribution >= 4 is 11.3 Å². The van der Waals surface area contributed by atoms with Gasteiger partial charge in [-0.05, 0) is 31.4 Å². The molecule has 1 unspecified atom stereocenters. The average molecular weight is 261 g/mol. The molecule has 96 valence electrons. The van der Waals surface area contributed by atoms with Crippen molar-refractivity contribution in [3.63, 3.8) is 0 Å². The van der Waals surface area contributed by atoms with Crippen LogP contribution in [-0.4, -0.2) is 11.0 Å². The lowest BCUT2D eigenvalue weighted by Crippen LogP contribution is -2.38. The topological polar surface area (TPSA) is 50.9 Å². The Morgan fingerprint density at radius 3 is 2.67 bits per heavy atom. The van der Waals surface area contributed by atoms with Crippen molar-refractivity contribution < 1.29 is 0 Å². The number of nitrogens with one attached hydrogen (secondary N) is 1. The summed E-state index contributed by atoms with van der Waals surface area (Å²) >= 11 is 1.69. The van der Waals surface area contributed by atoms with E-state index in [1.165, 1.54) is 11.1 Å². The number of rotatable bonds is 5. The molecule has 0 aliphatic rings. The van der Waals surface area contributed by atoms with Crippen molar-refractivity contribution in [1.82, 2.24) is 10.4 Å². The highest BCUT2D eigenvalue weighted by molar-refractivity contribution is 7.09. The van der Waals surface area contributed by atoms with Gasteiger partial charge in [-0.2, -0.15) is 0 Å². The first kappa shape index (κ1) is 13.2. The fourth-order valence-electron chi connectivity index (χ4n) is 2.05. The first-order valence-corrected chi connectivity index (χ1v) is 6.98. The van der Waals surface area contributed by atoms with E-state index in [-0.39, 0.29) is 6.04 Å². The van der Waals surface area contributed by atoms with Crippen LogP contribution in [0, 0.1) is 13.8 Å². The molecule has 3 nitrogen and oxygen atoms in total. The molecule has 1 aromatic carbocycles. The summed E-state index contributed by atoms with van der Waals surface area (Å²) in [6.45, 7) is 4.16. The number of thiazole rings is 1. The van der Waals surface area contributed by atoms with Gasteiger partial charge in [0.2, 0.25) is 0 Å². The van der Waals surface area contributed by atoms with Gasteiger partial charge in [0.25, 0.3) is 0 Å². The molecular formula is C14H19N3S. The smallest absolute Gasteiger partial charge is 0.0897 e. The fraction of sp³-hybridized carbons (Fsp3) is 0.357. The number of hydrogen-bond acceptors (Lipinski definition) is 4. The van der Waals surface area contributed by atoms with Gasteiger partial charge in [-0.15, -0.1) is 11.3 Å². The number of hydrogen-bond donors (Lipinski definition) is 2. The summed E-state index contributed by atoms with van der Waals surface area (Å²) in [5, 5.41) is 3.22. The Hall–Kier alpha value is -1.23. The van der Waals surface area contributed by atoms with Crippen LogP contribution in [0.3, 0.4) is 0 Å². The van der Waals surface area contributed by atoms with Crippen molar-refractivity contribution in [2.24, 2.45) is 5.84 Å². The first-order valence-electron chi connectivity index (χ1n) is 6.10. The minimum atomic E-state index is 0.229. The van der Waals surface area contributed by atoms with Crippen LogP contribution in [0.15, 0.2) is 29.6 Å². The Morgan fingerprint density at radius 2 is 2.06 bits per heavy atom. The van der Waals surface area contributed by atoms with Gasteiger partial charge >= 0.3 is 0 Å². The van der Waals surface area contributed by atoms with Gasteiger partial charge in [-0.3, -0.25) is 11.3 Å². The Bertz CT molecular complexity index is 507. The molecule has 0 fully saturated rings. The summed E-state index contributed by atoms with van der Waals surface area (Å²) in [6.07, 6.45) is 1.80. The van der Waals surface area contributed by atoms with Crippen molar-refractivity contribution in [3.05, 3.63) is 51.5 Å². The highest BCUT2D eigenvalue weighted by atomic mass is 32.1. The molecule has 1 heterocycles. The predicted octanol–water partition coefficient (Wildman–Crippen LogP) is 2.38. The summed E-state index contributed by atoms with van der Waals surface area (Å²) in [5.74, 6) is 5.65. The van der Waals surface area contributed by atoms with Gasteiger partial charge in [-0.25, -0.2) is 4.98 Å². The Balaban J connectivity index is 2.04. The van der Waals surface area contributed by atoms with Crippen LogP contribution in [0.25, 0.3) is 0 Å². The van der Waals surface area contributed by atoms with E-state index in [2.05, 4.69) is 47.0 Å². The Labute approximate surface area is 112 Å². The third kappa shape index (κ3) is 3.38. The van der Waals surface area contributed by atoms with Crippen LogP contribution in [0.1, 0.15) is 21.8 Å². The van der Waals surface area contributed by atoms with Crippen LogP contribution in [0.2, 0.25) is 0 Å². The second kappa shape index (κ2) is 6.09. The number of hydrazine groups is 1. The van der Waals surface area contributed by atoms with Gasteiger partial charge in [0, 0.05) is 17.8 Å². The largest absolute Gasteiger partial charge is 0.271 e. The molecule has 4 heteroatoms. The predicted molar refractivity (Wildman–Crippen MR) is 76.5 cm³/mol. The van der Waals surface area contributed by atoms with E-state index in [9.17, 15) is 0 Å². The van der Waals surface area contributed by atoms with Crippen LogP contribution >= 0.6 is 11.3 Å². The van der Waals surface area contributed by atoms with Crippen molar-refractivity contribution in [2.45, 2.75) is 32.7 Å². The van der Waals surface area contributed by atoms with Gasteiger partial charge in [0.05, 0.1) is 10.7 Å². The highest BCUT2D eigenvalue weighted by Gasteiger charge is 2.11. The lowest BCUT2D eigenvalue weighted by Gasteiger charge is -2.16. The van der Waals surface area contributed by atoms with Crippen LogP contribution in [0.4, 0.5) is 0 Å². The van der Waals surface area contributed by atoms with Crippen molar-refractivity contribution in [2.75, 3.05) is 0 Å². The van der Waals surface area contributed by atoms with Gasteiger partial charge in [-0.1, -0.05) is 24.3 Å². The quantitative estimate of drug-likeness (QED) is 0.642. The molecule has 0 spiro atoms. The van der Waals surface area contributed by atoms with Crippen LogP contribution < -0.4 is 11.3 Å². The number of aromatic nitrogens is 1. The number of nitrogens with two attached hydrogens (primary N) is 1. The SMILES string of the molecule is Cc1nc(CC(Cc2ccccc2C)NN)cs1. The molecule has 2 rings (SSSR count). The maximum Gasteiger partial charge on any atom is 0.0897 e. The maximum atomic E-state index is 5.65. The molecule has 1 atom stereocenters. The molecule has 0 bridgehead atoms.